The van der Waals surface area contributed by atoms with Gasteiger partial charge in [0.05, 0.1) is 5.37 Å². The van der Waals surface area contributed by atoms with Crippen molar-refractivity contribution in [2.75, 3.05) is 19.0 Å². The molecule has 5 nitrogen and oxygen atoms in total. The molecule has 0 radical (unpaired) electrons. The molecule has 2 aromatic rings. The van der Waals surface area contributed by atoms with E-state index in [0.717, 1.165) is 17.1 Å². The molecule has 0 aromatic heterocycles. The zero-order valence-corrected chi connectivity index (χ0v) is 15.7. The van der Waals surface area contributed by atoms with Gasteiger partial charge in [-0.15, -0.1) is 11.8 Å². The maximum atomic E-state index is 11.1. The summed E-state index contributed by atoms with van der Waals surface area (Å²) in [5.74, 6) is 1.32. The van der Waals surface area contributed by atoms with Crippen LogP contribution in [-0.4, -0.2) is 36.1 Å². The van der Waals surface area contributed by atoms with E-state index in [9.17, 15) is 4.79 Å². The van der Waals surface area contributed by atoms with Gasteiger partial charge in [0.25, 0.3) is 0 Å². The molecule has 6 heteroatoms. The van der Waals surface area contributed by atoms with Crippen LogP contribution in [0.25, 0.3) is 0 Å². The van der Waals surface area contributed by atoms with Gasteiger partial charge in [0.2, 0.25) is 0 Å². The highest BCUT2D eigenvalue weighted by molar-refractivity contribution is 7.99. The number of thioether (sulfide) groups is 1. The molecule has 1 fully saturated rings. The van der Waals surface area contributed by atoms with E-state index in [0.29, 0.717) is 19.0 Å². The van der Waals surface area contributed by atoms with Gasteiger partial charge >= 0.3 is 5.97 Å². The summed E-state index contributed by atoms with van der Waals surface area (Å²) < 4.78 is 11.6. The Morgan fingerprint density at radius 1 is 1.15 bits per heavy atom. The number of para-hydroxylation sites is 1. The van der Waals surface area contributed by atoms with E-state index in [4.69, 9.17) is 14.6 Å². The van der Waals surface area contributed by atoms with Crippen molar-refractivity contribution < 1.29 is 19.4 Å². The standard InChI is InChI=1S/C20H23NO4S/c1-13-7-8-15(11-14(13)2)24-9-10-25-18-6-4-3-5-16(18)19-21-17(12-26-19)20(22)23/h3-8,11,17,19,21H,9-10,12H2,1-2H3,(H,22,23). The summed E-state index contributed by atoms with van der Waals surface area (Å²) in [6.45, 7) is 5.00. The van der Waals surface area contributed by atoms with Gasteiger partial charge in [-0.1, -0.05) is 24.3 Å². The normalized spacial score (nSPS) is 19.3. The summed E-state index contributed by atoms with van der Waals surface area (Å²) in [7, 11) is 0. The van der Waals surface area contributed by atoms with E-state index in [1.54, 1.807) is 11.8 Å². The lowest BCUT2D eigenvalue weighted by Gasteiger charge is -2.17. The first-order valence-corrected chi connectivity index (χ1v) is 9.61. The first-order chi connectivity index (χ1) is 12.5. The van der Waals surface area contributed by atoms with Crippen molar-refractivity contribution in [1.29, 1.82) is 0 Å². The van der Waals surface area contributed by atoms with E-state index in [-0.39, 0.29) is 5.37 Å². The van der Waals surface area contributed by atoms with Crippen molar-refractivity contribution in [3.63, 3.8) is 0 Å². The molecule has 26 heavy (non-hydrogen) atoms. The first-order valence-electron chi connectivity index (χ1n) is 8.57. The van der Waals surface area contributed by atoms with E-state index >= 15 is 0 Å². The molecule has 0 bridgehead atoms. The van der Waals surface area contributed by atoms with Gasteiger partial charge in [-0.3, -0.25) is 10.1 Å². The monoisotopic (exact) mass is 373 g/mol. The molecule has 2 unspecified atom stereocenters. The van der Waals surface area contributed by atoms with Gasteiger partial charge in [0.15, 0.2) is 0 Å². The van der Waals surface area contributed by atoms with Crippen LogP contribution in [0.4, 0.5) is 0 Å². The number of nitrogens with one attached hydrogen (secondary N) is 1. The second kappa shape index (κ2) is 8.47. The van der Waals surface area contributed by atoms with Crippen LogP contribution >= 0.6 is 11.8 Å². The highest BCUT2D eigenvalue weighted by Gasteiger charge is 2.31. The second-order valence-electron chi connectivity index (χ2n) is 6.25. The fourth-order valence-corrected chi connectivity index (χ4v) is 4.00. The Morgan fingerprint density at radius 2 is 1.92 bits per heavy atom. The predicted molar refractivity (Wildman–Crippen MR) is 103 cm³/mol. The zero-order chi connectivity index (χ0) is 18.5. The van der Waals surface area contributed by atoms with Crippen molar-refractivity contribution in [1.82, 2.24) is 5.32 Å². The number of hydrogen-bond donors (Lipinski definition) is 2. The average molecular weight is 373 g/mol. The van der Waals surface area contributed by atoms with Gasteiger partial charge in [-0.25, -0.2) is 0 Å². The maximum Gasteiger partial charge on any atom is 0.321 e. The Bertz CT molecular complexity index is 780. The topological polar surface area (TPSA) is 67.8 Å². The molecule has 0 aliphatic carbocycles. The van der Waals surface area contributed by atoms with Crippen molar-refractivity contribution in [3.8, 4) is 11.5 Å². The molecule has 1 aliphatic rings. The zero-order valence-electron chi connectivity index (χ0n) is 14.9. The molecular formula is C20H23NO4S. The SMILES string of the molecule is Cc1ccc(OCCOc2ccccc2C2NC(C(=O)O)CS2)cc1C. The number of carboxylic acid groups (broad SMARTS) is 1. The van der Waals surface area contributed by atoms with Crippen molar-refractivity contribution in [2.24, 2.45) is 0 Å². The van der Waals surface area contributed by atoms with Crippen LogP contribution in [0, 0.1) is 13.8 Å². The van der Waals surface area contributed by atoms with E-state index < -0.39 is 12.0 Å². The Hall–Kier alpha value is -2.18. The van der Waals surface area contributed by atoms with Crippen LogP contribution in [0.2, 0.25) is 0 Å². The third-order valence-electron chi connectivity index (χ3n) is 4.37. The van der Waals surface area contributed by atoms with Crippen LogP contribution in [-0.2, 0) is 4.79 Å². The quantitative estimate of drug-likeness (QED) is 0.724. The lowest BCUT2D eigenvalue weighted by molar-refractivity contribution is -0.138. The number of benzene rings is 2. The third kappa shape index (κ3) is 4.51. The number of aryl methyl sites for hydroxylation is 2. The van der Waals surface area contributed by atoms with Crippen LogP contribution in [0.5, 0.6) is 11.5 Å². The number of ether oxygens (including phenoxy) is 2. The van der Waals surface area contributed by atoms with Crippen LogP contribution in [0.3, 0.4) is 0 Å². The highest BCUT2D eigenvalue weighted by Crippen LogP contribution is 2.37. The molecule has 3 rings (SSSR count). The van der Waals surface area contributed by atoms with Crippen LogP contribution in [0.1, 0.15) is 22.1 Å². The number of aliphatic carboxylic acids is 1. The Kier molecular flexibility index (Phi) is 6.06. The summed E-state index contributed by atoms with van der Waals surface area (Å²) in [6.07, 6.45) is 0. The fraction of sp³-hybridized carbons (Fsp3) is 0.350. The molecule has 1 heterocycles. The Balaban J connectivity index is 1.55. The lowest BCUT2D eigenvalue weighted by atomic mass is 10.1. The Morgan fingerprint density at radius 3 is 2.65 bits per heavy atom. The molecule has 2 aromatic carbocycles. The average Bonchev–Trinajstić information content (AvgIpc) is 3.12. The van der Waals surface area contributed by atoms with E-state index in [2.05, 4.69) is 19.2 Å². The van der Waals surface area contributed by atoms with E-state index in [1.165, 1.54) is 11.1 Å². The Labute approximate surface area is 157 Å². The molecule has 0 spiro atoms. The fourth-order valence-electron chi connectivity index (χ4n) is 2.74. The van der Waals surface area contributed by atoms with Gasteiger partial charge in [-0.05, 0) is 43.2 Å². The summed E-state index contributed by atoms with van der Waals surface area (Å²) in [6, 6.07) is 13.2. The minimum absolute atomic E-state index is 0.0760. The number of rotatable bonds is 7. The highest BCUT2D eigenvalue weighted by atomic mass is 32.2. The third-order valence-corrected chi connectivity index (χ3v) is 5.62. The molecule has 2 atom stereocenters. The van der Waals surface area contributed by atoms with Crippen LogP contribution in [0.15, 0.2) is 42.5 Å². The minimum Gasteiger partial charge on any atom is -0.490 e. The smallest absolute Gasteiger partial charge is 0.321 e. The van der Waals surface area contributed by atoms with Gasteiger partial charge in [0.1, 0.15) is 30.8 Å². The molecular weight excluding hydrogens is 350 g/mol. The summed E-state index contributed by atoms with van der Waals surface area (Å²) in [4.78, 5) is 11.1. The minimum atomic E-state index is -0.819. The lowest BCUT2D eigenvalue weighted by Crippen LogP contribution is -2.33. The summed E-state index contributed by atoms with van der Waals surface area (Å²) >= 11 is 1.58. The van der Waals surface area contributed by atoms with Gasteiger partial charge in [0, 0.05) is 11.3 Å². The molecule has 0 saturated carbocycles. The van der Waals surface area contributed by atoms with Crippen molar-refractivity contribution in [2.45, 2.75) is 25.3 Å². The largest absolute Gasteiger partial charge is 0.490 e. The van der Waals surface area contributed by atoms with Crippen molar-refractivity contribution >= 4 is 17.7 Å². The number of hydrogen-bond acceptors (Lipinski definition) is 5. The van der Waals surface area contributed by atoms with Crippen molar-refractivity contribution in [3.05, 3.63) is 59.2 Å². The van der Waals surface area contributed by atoms with Crippen LogP contribution < -0.4 is 14.8 Å². The van der Waals surface area contributed by atoms with Gasteiger partial charge < -0.3 is 14.6 Å². The number of carboxylic acids is 1. The molecule has 1 saturated heterocycles. The van der Waals surface area contributed by atoms with E-state index in [1.807, 2.05) is 42.5 Å². The molecule has 2 N–H and O–H groups in total. The summed E-state index contributed by atoms with van der Waals surface area (Å²) in [5, 5.41) is 12.2. The van der Waals surface area contributed by atoms with Gasteiger partial charge in [-0.2, -0.15) is 0 Å². The first kappa shape index (κ1) is 18.6. The second-order valence-corrected chi connectivity index (χ2v) is 7.39. The summed E-state index contributed by atoms with van der Waals surface area (Å²) in [5.41, 5.74) is 3.40. The number of carbonyl (C=O) groups is 1. The molecule has 1 aliphatic heterocycles. The maximum absolute atomic E-state index is 11.1. The predicted octanol–water partition coefficient (Wildman–Crippen LogP) is 3.55. The molecule has 0 amide bonds. The molecule has 138 valence electrons.